The fourth-order valence-corrected chi connectivity index (χ4v) is 6.70. The lowest BCUT2D eigenvalue weighted by Gasteiger charge is -2.27. The van der Waals surface area contributed by atoms with E-state index < -0.39 is 0 Å². The van der Waals surface area contributed by atoms with Gasteiger partial charge in [0.05, 0.1) is 24.4 Å². The summed E-state index contributed by atoms with van der Waals surface area (Å²) in [7, 11) is 0. The molecule has 5 heterocycles. The van der Waals surface area contributed by atoms with Crippen LogP contribution in [0.15, 0.2) is 36.7 Å². The first-order valence-corrected chi connectivity index (χ1v) is 17.3. The zero-order valence-corrected chi connectivity index (χ0v) is 27.5. The second kappa shape index (κ2) is 17.5. The van der Waals surface area contributed by atoms with Gasteiger partial charge < -0.3 is 29.7 Å². The highest BCUT2D eigenvalue weighted by molar-refractivity contribution is 5.91. The lowest BCUT2D eigenvalue weighted by molar-refractivity contribution is -0.135. The standard InChI is InChI=1S/C27H42N6O2.C9H11N/c1-3-5-7-25-22(4-2)23-8-10-30-24(20-29-9-6-13-31-14-11-28-12-15-31)27(23)33(25)21-26(34)32-16-18-35-19-17-32;1-2-6-9-8(4-1)5-3-7-10-9/h5,7-8,10,28-29H,3-4,6,9,11-21H2,1-2H3;3,5,7H,1-2,4,6H2/b7-5-;. The molecule has 1 aliphatic carbocycles. The van der Waals surface area contributed by atoms with Crippen LogP contribution in [0.25, 0.3) is 17.0 Å². The van der Waals surface area contributed by atoms with Gasteiger partial charge in [-0.2, -0.15) is 0 Å². The molecular weight excluding hydrogens is 562 g/mol. The van der Waals surface area contributed by atoms with Crippen molar-refractivity contribution < 1.29 is 9.53 Å². The molecule has 2 fully saturated rings. The Hall–Kier alpha value is -3.11. The van der Waals surface area contributed by atoms with E-state index in [9.17, 15) is 4.79 Å². The first-order chi connectivity index (χ1) is 22.2. The molecular formula is C36H53N7O2. The van der Waals surface area contributed by atoms with Crippen molar-refractivity contribution in [3.05, 3.63) is 64.9 Å². The number of aromatic nitrogens is 3. The number of aryl methyl sites for hydroxylation is 3. The monoisotopic (exact) mass is 615 g/mol. The highest BCUT2D eigenvalue weighted by atomic mass is 16.5. The second-order valence-corrected chi connectivity index (χ2v) is 12.2. The van der Waals surface area contributed by atoms with Gasteiger partial charge in [0, 0.05) is 75.0 Å². The Morgan fingerprint density at radius 3 is 2.64 bits per heavy atom. The minimum atomic E-state index is 0.151. The van der Waals surface area contributed by atoms with Crippen LogP contribution in [0.5, 0.6) is 0 Å². The van der Waals surface area contributed by atoms with Gasteiger partial charge in [0.15, 0.2) is 0 Å². The van der Waals surface area contributed by atoms with E-state index in [4.69, 9.17) is 9.72 Å². The largest absolute Gasteiger partial charge is 0.378 e. The number of pyridine rings is 2. The molecule has 9 nitrogen and oxygen atoms in total. The Bertz CT molecular complexity index is 1360. The number of nitrogens with one attached hydrogen (secondary N) is 2. The maximum absolute atomic E-state index is 13.3. The number of fused-ring (bicyclic) bond motifs is 2. The molecule has 1 amide bonds. The van der Waals surface area contributed by atoms with Gasteiger partial charge in [-0.15, -0.1) is 0 Å². The molecule has 9 heteroatoms. The number of amides is 1. The average Bonchev–Trinajstić information content (AvgIpc) is 3.40. The van der Waals surface area contributed by atoms with Gasteiger partial charge in [-0.25, -0.2) is 0 Å². The second-order valence-electron chi connectivity index (χ2n) is 12.2. The predicted molar refractivity (Wildman–Crippen MR) is 182 cm³/mol. The molecule has 2 aliphatic heterocycles. The quantitative estimate of drug-likeness (QED) is 0.313. The molecule has 6 rings (SSSR count). The normalized spacial score (nSPS) is 17.3. The van der Waals surface area contributed by atoms with Crippen molar-refractivity contribution in [2.24, 2.45) is 0 Å². The summed E-state index contributed by atoms with van der Waals surface area (Å²) in [5, 5.41) is 8.25. The zero-order chi connectivity index (χ0) is 31.3. The summed E-state index contributed by atoms with van der Waals surface area (Å²) in [5.41, 5.74) is 7.34. The molecule has 2 N–H and O–H groups in total. The van der Waals surface area contributed by atoms with E-state index in [0.29, 0.717) is 39.4 Å². The Morgan fingerprint density at radius 2 is 1.87 bits per heavy atom. The maximum atomic E-state index is 13.3. The highest BCUT2D eigenvalue weighted by Crippen LogP contribution is 2.30. The topological polar surface area (TPSA) is 87.6 Å². The molecule has 0 atom stereocenters. The fraction of sp³-hybridized carbons (Fsp3) is 0.583. The van der Waals surface area contributed by atoms with Crippen LogP contribution in [-0.4, -0.2) is 95.8 Å². The summed E-state index contributed by atoms with van der Waals surface area (Å²) in [6.07, 6.45) is 16.3. The predicted octanol–water partition coefficient (Wildman–Crippen LogP) is 4.23. The zero-order valence-electron chi connectivity index (χ0n) is 27.5. The molecule has 244 valence electrons. The third-order valence-corrected chi connectivity index (χ3v) is 9.14. The van der Waals surface area contributed by atoms with E-state index in [1.54, 1.807) is 0 Å². The number of piperazine rings is 1. The average molecular weight is 616 g/mol. The number of ether oxygens (including phenoxy) is 1. The van der Waals surface area contributed by atoms with Crippen molar-refractivity contribution in [2.75, 3.05) is 65.6 Å². The Labute approximate surface area is 269 Å². The number of carbonyl (C=O) groups is 1. The van der Waals surface area contributed by atoms with Crippen molar-refractivity contribution in [1.82, 2.24) is 35.0 Å². The Morgan fingerprint density at radius 1 is 1.04 bits per heavy atom. The summed E-state index contributed by atoms with van der Waals surface area (Å²) < 4.78 is 7.67. The molecule has 0 aromatic carbocycles. The number of carbonyl (C=O) groups excluding carboxylic acids is 1. The van der Waals surface area contributed by atoms with Crippen LogP contribution in [0.3, 0.4) is 0 Å². The van der Waals surface area contributed by atoms with Crippen molar-refractivity contribution in [2.45, 2.75) is 71.9 Å². The smallest absolute Gasteiger partial charge is 0.242 e. The molecule has 3 aromatic rings. The van der Waals surface area contributed by atoms with Crippen LogP contribution >= 0.6 is 0 Å². The van der Waals surface area contributed by atoms with E-state index in [0.717, 1.165) is 75.4 Å². The van der Waals surface area contributed by atoms with Crippen molar-refractivity contribution in [1.29, 1.82) is 0 Å². The van der Waals surface area contributed by atoms with Crippen LogP contribution in [0.1, 0.15) is 67.7 Å². The molecule has 3 aliphatic rings. The molecule has 0 bridgehead atoms. The van der Waals surface area contributed by atoms with Gasteiger partial charge in [-0.05, 0) is 87.4 Å². The van der Waals surface area contributed by atoms with Crippen LogP contribution in [0.4, 0.5) is 0 Å². The van der Waals surface area contributed by atoms with E-state index in [1.165, 1.54) is 47.9 Å². The lowest BCUT2D eigenvalue weighted by Crippen LogP contribution is -2.44. The maximum Gasteiger partial charge on any atom is 0.242 e. The van der Waals surface area contributed by atoms with Crippen molar-refractivity contribution in [3.8, 4) is 0 Å². The van der Waals surface area contributed by atoms with Gasteiger partial charge in [-0.3, -0.25) is 14.8 Å². The van der Waals surface area contributed by atoms with Gasteiger partial charge in [0.1, 0.15) is 6.54 Å². The van der Waals surface area contributed by atoms with Crippen LogP contribution in [0, 0.1) is 0 Å². The Balaban J connectivity index is 0.000000336. The third-order valence-electron chi connectivity index (χ3n) is 9.14. The van der Waals surface area contributed by atoms with Crippen molar-refractivity contribution >= 4 is 22.9 Å². The lowest BCUT2D eigenvalue weighted by atomic mass is 9.96. The molecule has 2 saturated heterocycles. The van der Waals surface area contributed by atoms with E-state index >= 15 is 0 Å². The number of rotatable bonds is 11. The molecule has 0 radical (unpaired) electrons. The summed E-state index contributed by atoms with van der Waals surface area (Å²) in [6.45, 7) is 14.5. The summed E-state index contributed by atoms with van der Waals surface area (Å²) >= 11 is 0. The van der Waals surface area contributed by atoms with E-state index in [-0.39, 0.29) is 5.91 Å². The van der Waals surface area contributed by atoms with Gasteiger partial charge in [-0.1, -0.05) is 26.0 Å². The molecule has 45 heavy (non-hydrogen) atoms. The Kier molecular flexibility index (Phi) is 13.0. The molecule has 3 aromatic heterocycles. The molecule has 0 spiro atoms. The first-order valence-electron chi connectivity index (χ1n) is 17.3. The van der Waals surface area contributed by atoms with Crippen LogP contribution in [-0.2, 0) is 41.9 Å². The minimum absolute atomic E-state index is 0.151. The SMILES string of the molecule is CC/C=C\c1c(CC)c2ccnc(CNCCCN3CCNCC3)c2n1CC(=O)N1CCOCC1.c1cnc2c(c1)CCCC2. The number of hydrogen-bond acceptors (Lipinski definition) is 7. The van der Waals surface area contributed by atoms with Crippen LogP contribution < -0.4 is 10.6 Å². The minimum Gasteiger partial charge on any atom is -0.378 e. The van der Waals surface area contributed by atoms with Gasteiger partial charge in [0.25, 0.3) is 0 Å². The van der Waals surface area contributed by atoms with Gasteiger partial charge >= 0.3 is 0 Å². The van der Waals surface area contributed by atoms with E-state index in [1.807, 2.05) is 23.4 Å². The van der Waals surface area contributed by atoms with E-state index in [2.05, 4.69) is 63.2 Å². The van der Waals surface area contributed by atoms with Crippen LogP contribution in [0.2, 0.25) is 0 Å². The summed E-state index contributed by atoms with van der Waals surface area (Å²) in [5.74, 6) is 0.151. The number of morpholine rings is 1. The van der Waals surface area contributed by atoms with Crippen molar-refractivity contribution in [3.63, 3.8) is 0 Å². The summed E-state index contributed by atoms with van der Waals surface area (Å²) in [4.78, 5) is 26.8. The van der Waals surface area contributed by atoms with Gasteiger partial charge in [0.2, 0.25) is 5.91 Å². The third kappa shape index (κ3) is 9.00. The molecule has 0 saturated carbocycles. The molecule has 0 unspecified atom stereocenters. The number of allylic oxidation sites excluding steroid dienone is 1. The summed E-state index contributed by atoms with van der Waals surface area (Å²) in [6, 6.07) is 6.34. The number of nitrogens with zero attached hydrogens (tertiary/aromatic N) is 5. The number of hydrogen-bond donors (Lipinski definition) is 2. The first kappa shape index (κ1) is 33.3. The fourth-order valence-electron chi connectivity index (χ4n) is 6.70. The highest BCUT2D eigenvalue weighted by Gasteiger charge is 2.23.